The lowest BCUT2D eigenvalue weighted by atomic mass is 9.49. The number of hydrazine groups is 1. The van der Waals surface area contributed by atoms with Crippen LogP contribution in [-0.4, -0.2) is 49.0 Å². The van der Waals surface area contributed by atoms with Gasteiger partial charge in [-0.2, -0.15) is 0 Å². The Hall–Kier alpha value is -0.320. The molecule has 1 saturated heterocycles. The summed E-state index contributed by atoms with van der Waals surface area (Å²) in [7, 11) is 2.15. The number of rotatable bonds is 2. The van der Waals surface area contributed by atoms with Gasteiger partial charge in [0.2, 0.25) is 5.91 Å². The Morgan fingerprint density at radius 2 is 1.43 bits per heavy atom. The summed E-state index contributed by atoms with van der Waals surface area (Å²) in [5, 5.41) is 2.15. The number of piperazine rings is 1. The number of carbonyl (C=O) groups excluding carboxylic acids is 1. The first kappa shape index (κ1) is 15.6. The highest BCUT2D eigenvalue weighted by molar-refractivity contribution is 5.85. The molecule has 5 aliphatic rings. The quantitative estimate of drug-likeness (QED) is 0.846. The van der Waals surface area contributed by atoms with E-state index in [9.17, 15) is 4.79 Å². The van der Waals surface area contributed by atoms with Gasteiger partial charge in [-0.3, -0.25) is 10.2 Å². The average Bonchev–Trinajstić information content (AvgIpc) is 2.40. The van der Waals surface area contributed by atoms with Gasteiger partial charge in [0.05, 0.1) is 5.41 Å². The second kappa shape index (κ2) is 5.71. The summed E-state index contributed by atoms with van der Waals surface area (Å²) >= 11 is 0. The Labute approximate surface area is 134 Å². The molecule has 120 valence electrons. The molecule has 4 aliphatic carbocycles. The van der Waals surface area contributed by atoms with Crippen LogP contribution in [0.4, 0.5) is 0 Å². The van der Waals surface area contributed by atoms with Crippen molar-refractivity contribution in [3.05, 3.63) is 0 Å². The Morgan fingerprint density at radius 1 is 0.952 bits per heavy atom. The molecule has 0 aromatic carbocycles. The van der Waals surface area contributed by atoms with Crippen LogP contribution >= 0.6 is 12.4 Å². The zero-order valence-electron chi connectivity index (χ0n) is 13.0. The van der Waals surface area contributed by atoms with Crippen molar-refractivity contribution in [3.8, 4) is 0 Å². The lowest BCUT2D eigenvalue weighted by molar-refractivity contribution is -0.152. The van der Waals surface area contributed by atoms with Gasteiger partial charge in [-0.15, -0.1) is 12.4 Å². The van der Waals surface area contributed by atoms with E-state index in [0.717, 1.165) is 43.9 Å². The Morgan fingerprint density at radius 3 is 1.90 bits per heavy atom. The molecule has 0 aromatic heterocycles. The van der Waals surface area contributed by atoms with Gasteiger partial charge >= 0.3 is 0 Å². The van der Waals surface area contributed by atoms with Crippen molar-refractivity contribution in [3.63, 3.8) is 0 Å². The Bertz CT molecular complexity index is 371. The van der Waals surface area contributed by atoms with Crippen LogP contribution in [0.1, 0.15) is 38.5 Å². The molecule has 4 bridgehead atoms. The molecular formula is C16H28ClN3O. The minimum Gasteiger partial charge on any atom is -0.304 e. The lowest BCUT2D eigenvalue weighted by Crippen LogP contribution is -2.59. The normalized spacial score (nSPS) is 42.6. The van der Waals surface area contributed by atoms with Crippen LogP contribution in [0.3, 0.4) is 0 Å². The molecule has 5 fully saturated rings. The van der Waals surface area contributed by atoms with Gasteiger partial charge < -0.3 is 4.90 Å². The molecule has 5 heteroatoms. The number of carbonyl (C=O) groups is 1. The van der Waals surface area contributed by atoms with Crippen molar-refractivity contribution in [1.82, 2.24) is 15.3 Å². The molecule has 0 radical (unpaired) electrons. The predicted octanol–water partition coefficient (Wildman–Crippen LogP) is 1.90. The molecule has 5 rings (SSSR count). The first-order valence-electron chi connectivity index (χ1n) is 8.37. The molecule has 0 spiro atoms. The molecule has 0 unspecified atom stereocenters. The van der Waals surface area contributed by atoms with Crippen molar-refractivity contribution in [2.45, 2.75) is 38.5 Å². The van der Waals surface area contributed by atoms with Gasteiger partial charge in [-0.05, 0) is 63.3 Å². The van der Waals surface area contributed by atoms with Gasteiger partial charge in [-0.1, -0.05) is 0 Å². The second-order valence-corrected chi connectivity index (χ2v) is 7.93. The standard InChI is InChI=1S/C16H27N3O.ClH/c1-18-2-4-19(5-3-18)17-15(20)16-9-12-6-13(10-16)8-14(7-12)11-16;/h12-14H,2-11H2,1H3,(H,17,20);1H. The van der Waals surface area contributed by atoms with Crippen molar-refractivity contribution < 1.29 is 4.79 Å². The topological polar surface area (TPSA) is 35.6 Å². The Kier molecular flexibility index (Phi) is 4.23. The van der Waals surface area contributed by atoms with Crippen LogP contribution in [-0.2, 0) is 4.79 Å². The SMILES string of the molecule is CN1CCN(NC(=O)C23CC4CC(CC(C4)C2)C3)CC1.Cl. The minimum atomic E-state index is -0.00189. The number of hydrogen-bond donors (Lipinski definition) is 1. The number of nitrogens with zero attached hydrogens (tertiary/aromatic N) is 2. The largest absolute Gasteiger partial charge is 0.304 e. The summed E-state index contributed by atoms with van der Waals surface area (Å²) in [5.74, 6) is 2.89. The average molecular weight is 314 g/mol. The number of nitrogens with one attached hydrogen (secondary N) is 1. The highest BCUT2D eigenvalue weighted by Gasteiger charge is 2.54. The van der Waals surface area contributed by atoms with E-state index in [2.05, 4.69) is 22.4 Å². The molecule has 4 saturated carbocycles. The van der Waals surface area contributed by atoms with Gasteiger partial charge in [-0.25, -0.2) is 5.01 Å². The maximum Gasteiger partial charge on any atom is 0.240 e. The molecule has 0 aromatic rings. The van der Waals surface area contributed by atoms with Gasteiger partial charge in [0.1, 0.15) is 0 Å². The Balaban J connectivity index is 0.00000132. The van der Waals surface area contributed by atoms with Crippen LogP contribution in [0, 0.1) is 23.2 Å². The molecule has 4 nitrogen and oxygen atoms in total. The second-order valence-electron chi connectivity index (χ2n) is 7.93. The van der Waals surface area contributed by atoms with Crippen LogP contribution in [0.15, 0.2) is 0 Å². The monoisotopic (exact) mass is 313 g/mol. The van der Waals surface area contributed by atoms with E-state index in [0.29, 0.717) is 5.91 Å². The fourth-order valence-corrected chi connectivity index (χ4v) is 5.57. The number of amides is 1. The summed E-state index contributed by atoms with van der Waals surface area (Å²) in [4.78, 5) is 15.2. The van der Waals surface area contributed by atoms with E-state index in [1.807, 2.05) is 0 Å². The van der Waals surface area contributed by atoms with E-state index < -0.39 is 0 Å². The highest BCUT2D eigenvalue weighted by Crippen LogP contribution is 2.60. The summed E-state index contributed by atoms with van der Waals surface area (Å²) < 4.78 is 0. The van der Waals surface area contributed by atoms with E-state index in [1.165, 1.54) is 38.5 Å². The number of likely N-dealkylation sites (N-methyl/N-ethyl adjacent to an activating group) is 1. The van der Waals surface area contributed by atoms with Crippen LogP contribution in [0.2, 0.25) is 0 Å². The molecule has 1 amide bonds. The third-order valence-electron chi connectivity index (χ3n) is 6.28. The lowest BCUT2D eigenvalue weighted by Gasteiger charge is -2.56. The smallest absolute Gasteiger partial charge is 0.240 e. The maximum atomic E-state index is 12.9. The molecule has 0 atom stereocenters. The molecule has 21 heavy (non-hydrogen) atoms. The third kappa shape index (κ3) is 2.82. The van der Waals surface area contributed by atoms with Gasteiger partial charge in [0.25, 0.3) is 0 Å². The third-order valence-corrected chi connectivity index (χ3v) is 6.28. The number of hydrogen-bond acceptors (Lipinski definition) is 3. The maximum absolute atomic E-state index is 12.9. The van der Waals surface area contributed by atoms with Crippen molar-refractivity contribution in [1.29, 1.82) is 0 Å². The molecule has 1 aliphatic heterocycles. The van der Waals surface area contributed by atoms with Crippen LogP contribution in [0.5, 0.6) is 0 Å². The van der Waals surface area contributed by atoms with E-state index in [1.54, 1.807) is 0 Å². The fourth-order valence-electron chi connectivity index (χ4n) is 5.57. The van der Waals surface area contributed by atoms with E-state index >= 15 is 0 Å². The number of halogens is 1. The molecule has 1 N–H and O–H groups in total. The van der Waals surface area contributed by atoms with E-state index in [-0.39, 0.29) is 17.8 Å². The summed E-state index contributed by atoms with van der Waals surface area (Å²) in [6, 6.07) is 0. The van der Waals surface area contributed by atoms with Crippen molar-refractivity contribution in [2.24, 2.45) is 23.2 Å². The highest BCUT2D eigenvalue weighted by atomic mass is 35.5. The van der Waals surface area contributed by atoms with Crippen LogP contribution < -0.4 is 5.43 Å². The van der Waals surface area contributed by atoms with Crippen molar-refractivity contribution >= 4 is 18.3 Å². The summed E-state index contributed by atoms with van der Waals surface area (Å²) in [5.41, 5.74) is 3.26. The molecular weight excluding hydrogens is 286 g/mol. The first-order chi connectivity index (χ1) is 9.63. The summed E-state index contributed by atoms with van der Waals surface area (Å²) in [6.45, 7) is 4.05. The zero-order chi connectivity index (χ0) is 13.7. The summed E-state index contributed by atoms with van der Waals surface area (Å²) in [6.07, 6.45) is 7.71. The van der Waals surface area contributed by atoms with Gasteiger partial charge in [0, 0.05) is 26.2 Å². The fraction of sp³-hybridized carbons (Fsp3) is 0.938. The van der Waals surface area contributed by atoms with Crippen molar-refractivity contribution in [2.75, 3.05) is 33.2 Å². The predicted molar refractivity (Wildman–Crippen MR) is 85.1 cm³/mol. The van der Waals surface area contributed by atoms with E-state index in [4.69, 9.17) is 0 Å². The minimum absolute atomic E-state index is 0. The van der Waals surface area contributed by atoms with Gasteiger partial charge in [0.15, 0.2) is 0 Å². The van der Waals surface area contributed by atoms with Crippen LogP contribution in [0.25, 0.3) is 0 Å². The first-order valence-corrected chi connectivity index (χ1v) is 8.37. The molecule has 1 heterocycles. The zero-order valence-corrected chi connectivity index (χ0v) is 13.8.